The van der Waals surface area contributed by atoms with Crippen LogP contribution in [0.4, 0.5) is 0 Å². The van der Waals surface area contributed by atoms with Gasteiger partial charge in [0.05, 0.1) is 31.4 Å². The van der Waals surface area contributed by atoms with Crippen molar-refractivity contribution < 1.29 is 14.6 Å². The van der Waals surface area contributed by atoms with Crippen molar-refractivity contribution in [2.24, 2.45) is 0 Å². The summed E-state index contributed by atoms with van der Waals surface area (Å²) in [6.45, 7) is 2.08. The lowest BCUT2D eigenvalue weighted by Crippen LogP contribution is -2.41. The molecule has 0 aliphatic heterocycles. The first kappa shape index (κ1) is 14.0. The van der Waals surface area contributed by atoms with E-state index in [0.717, 1.165) is 16.3 Å². The third-order valence-corrected chi connectivity index (χ3v) is 3.59. The summed E-state index contributed by atoms with van der Waals surface area (Å²) in [5, 5.41) is 13.8. The first-order valence-corrected chi connectivity index (χ1v) is 6.83. The molecule has 1 atom stereocenters. The molecule has 2 heterocycles. The molecule has 2 rings (SSSR count). The number of rotatable bonds is 6. The molecule has 2 N–H and O–H groups in total. The van der Waals surface area contributed by atoms with Crippen LogP contribution in [-0.2, 0) is 16.0 Å². The summed E-state index contributed by atoms with van der Waals surface area (Å²) in [6.07, 6.45) is 2.17. The van der Waals surface area contributed by atoms with Gasteiger partial charge in [-0.2, -0.15) is 0 Å². The van der Waals surface area contributed by atoms with E-state index in [1.807, 2.05) is 22.9 Å². The molecule has 6 nitrogen and oxygen atoms in total. The number of hydrogen-bond acceptors (Lipinski definition) is 5. The number of hydrogen-bond donors (Lipinski definition) is 2. The van der Waals surface area contributed by atoms with Crippen molar-refractivity contribution in [1.82, 2.24) is 14.7 Å². The predicted molar refractivity (Wildman–Crippen MR) is 72.4 cm³/mol. The van der Waals surface area contributed by atoms with Crippen LogP contribution in [0.3, 0.4) is 0 Å². The third-order valence-electron chi connectivity index (χ3n) is 2.70. The molecule has 104 valence electrons. The average molecular weight is 283 g/mol. The van der Waals surface area contributed by atoms with Crippen molar-refractivity contribution in [3.8, 4) is 0 Å². The quantitative estimate of drug-likeness (QED) is 0.803. The van der Waals surface area contributed by atoms with E-state index in [1.54, 1.807) is 0 Å². The fraction of sp³-hybridized carbons (Fsp3) is 0.500. The summed E-state index contributed by atoms with van der Waals surface area (Å²) in [6, 6.07) is -0.365. The second-order valence-corrected chi connectivity index (χ2v) is 5.18. The van der Waals surface area contributed by atoms with Crippen molar-refractivity contribution in [2.45, 2.75) is 19.4 Å². The number of aromatic nitrogens is 2. The Morgan fingerprint density at radius 1 is 1.68 bits per heavy atom. The number of nitrogens with zero attached hydrogens (tertiary/aromatic N) is 2. The van der Waals surface area contributed by atoms with Gasteiger partial charge in [-0.3, -0.25) is 9.20 Å². The van der Waals surface area contributed by atoms with E-state index in [0.29, 0.717) is 6.61 Å². The molecule has 0 saturated carbocycles. The number of carbonyl (C=O) groups is 1. The highest BCUT2D eigenvalue weighted by Gasteiger charge is 2.14. The minimum Gasteiger partial charge on any atom is -0.394 e. The normalized spacial score (nSPS) is 12.8. The van der Waals surface area contributed by atoms with Crippen LogP contribution in [0, 0.1) is 6.92 Å². The van der Waals surface area contributed by atoms with E-state index < -0.39 is 0 Å². The number of fused-ring (bicyclic) bond motifs is 1. The summed E-state index contributed by atoms with van der Waals surface area (Å²) >= 11 is 1.51. The fourth-order valence-corrected chi connectivity index (χ4v) is 2.77. The number of imidazole rings is 1. The third kappa shape index (κ3) is 3.31. The molecule has 7 heteroatoms. The standard InChI is InChI=1S/C12H17N3O3S/c1-8-4-15-10(7-19-12(15)13-8)3-11(17)14-9(5-16)6-18-2/h4,7,9,16H,3,5-6H2,1-2H3,(H,14,17). The highest BCUT2D eigenvalue weighted by atomic mass is 32.1. The highest BCUT2D eigenvalue weighted by molar-refractivity contribution is 7.15. The molecule has 2 aromatic rings. The number of carbonyl (C=O) groups excluding carboxylic acids is 1. The molecule has 19 heavy (non-hydrogen) atoms. The molecular formula is C12H17N3O3S. The van der Waals surface area contributed by atoms with Crippen LogP contribution in [0.1, 0.15) is 11.4 Å². The van der Waals surface area contributed by atoms with Gasteiger partial charge in [-0.25, -0.2) is 4.98 Å². The molecule has 0 aliphatic rings. The van der Waals surface area contributed by atoms with Crippen LogP contribution >= 0.6 is 11.3 Å². The van der Waals surface area contributed by atoms with Gasteiger partial charge in [0.2, 0.25) is 5.91 Å². The SMILES string of the molecule is COCC(CO)NC(=O)Cc1csc2nc(C)cn12. The summed E-state index contributed by atoms with van der Waals surface area (Å²) in [5.74, 6) is -0.137. The Labute approximate surface area is 115 Å². The predicted octanol–water partition coefficient (Wildman–Crippen LogP) is 0.370. The Kier molecular flexibility index (Phi) is 4.52. The van der Waals surface area contributed by atoms with Gasteiger partial charge in [0.25, 0.3) is 0 Å². The van der Waals surface area contributed by atoms with Gasteiger partial charge in [-0.1, -0.05) is 0 Å². The molecule has 0 saturated heterocycles. The number of aliphatic hydroxyl groups excluding tert-OH is 1. The minimum absolute atomic E-state index is 0.136. The zero-order valence-electron chi connectivity index (χ0n) is 10.9. The number of aliphatic hydroxyl groups is 1. The van der Waals surface area contributed by atoms with Crippen LogP contribution in [0.2, 0.25) is 0 Å². The lowest BCUT2D eigenvalue weighted by molar-refractivity contribution is -0.121. The van der Waals surface area contributed by atoms with Crippen LogP contribution in [0.5, 0.6) is 0 Å². The van der Waals surface area contributed by atoms with Crippen LogP contribution in [0.25, 0.3) is 4.96 Å². The second kappa shape index (κ2) is 6.14. The lowest BCUT2D eigenvalue weighted by Gasteiger charge is -2.14. The second-order valence-electron chi connectivity index (χ2n) is 4.34. The van der Waals surface area contributed by atoms with E-state index in [-0.39, 0.29) is 25.0 Å². The fourth-order valence-electron chi connectivity index (χ4n) is 1.85. The summed E-state index contributed by atoms with van der Waals surface area (Å²) in [5.41, 5.74) is 1.83. The maximum absolute atomic E-state index is 11.9. The average Bonchev–Trinajstić information content (AvgIpc) is 2.89. The molecular weight excluding hydrogens is 266 g/mol. The Bertz CT molecular complexity index is 564. The zero-order valence-corrected chi connectivity index (χ0v) is 11.7. The minimum atomic E-state index is -0.365. The van der Waals surface area contributed by atoms with E-state index in [9.17, 15) is 4.79 Å². The van der Waals surface area contributed by atoms with Gasteiger partial charge in [-0.05, 0) is 6.92 Å². The van der Waals surface area contributed by atoms with Crippen LogP contribution in [0.15, 0.2) is 11.6 Å². The number of ether oxygens (including phenoxy) is 1. The van der Waals surface area contributed by atoms with Crippen molar-refractivity contribution in [2.75, 3.05) is 20.3 Å². The van der Waals surface area contributed by atoms with E-state index in [1.165, 1.54) is 18.4 Å². The molecule has 2 aromatic heterocycles. The van der Waals surface area contributed by atoms with Gasteiger partial charge < -0.3 is 15.2 Å². The molecule has 0 fully saturated rings. The van der Waals surface area contributed by atoms with E-state index in [2.05, 4.69) is 10.3 Å². The largest absolute Gasteiger partial charge is 0.394 e. The number of nitrogens with one attached hydrogen (secondary N) is 1. The van der Waals surface area contributed by atoms with Crippen molar-refractivity contribution in [1.29, 1.82) is 0 Å². The van der Waals surface area contributed by atoms with Gasteiger partial charge in [0.1, 0.15) is 0 Å². The molecule has 0 radical (unpaired) electrons. The lowest BCUT2D eigenvalue weighted by atomic mass is 10.2. The molecule has 0 spiro atoms. The number of amides is 1. The smallest absolute Gasteiger partial charge is 0.226 e. The van der Waals surface area contributed by atoms with Crippen LogP contribution < -0.4 is 5.32 Å². The monoisotopic (exact) mass is 283 g/mol. The summed E-state index contributed by atoms with van der Waals surface area (Å²) in [7, 11) is 1.53. The molecule has 0 aliphatic carbocycles. The highest BCUT2D eigenvalue weighted by Crippen LogP contribution is 2.16. The Morgan fingerprint density at radius 3 is 3.16 bits per heavy atom. The molecule has 1 amide bonds. The van der Waals surface area contributed by atoms with Gasteiger partial charge in [0.15, 0.2) is 4.96 Å². The maximum atomic E-state index is 11.9. The Morgan fingerprint density at radius 2 is 2.47 bits per heavy atom. The number of aryl methyl sites for hydroxylation is 1. The zero-order chi connectivity index (χ0) is 13.8. The van der Waals surface area contributed by atoms with Crippen molar-refractivity contribution in [3.05, 3.63) is 23.0 Å². The van der Waals surface area contributed by atoms with Gasteiger partial charge in [0, 0.05) is 24.4 Å². The van der Waals surface area contributed by atoms with E-state index in [4.69, 9.17) is 9.84 Å². The Hall–Kier alpha value is -1.44. The molecule has 1 unspecified atom stereocenters. The topological polar surface area (TPSA) is 75.9 Å². The first-order valence-electron chi connectivity index (χ1n) is 5.95. The maximum Gasteiger partial charge on any atom is 0.226 e. The van der Waals surface area contributed by atoms with Crippen molar-refractivity contribution >= 4 is 22.2 Å². The first-order chi connectivity index (χ1) is 9.13. The Balaban J connectivity index is 2.02. The molecule has 0 bridgehead atoms. The van der Waals surface area contributed by atoms with Crippen molar-refractivity contribution in [3.63, 3.8) is 0 Å². The summed E-state index contributed by atoms with van der Waals surface area (Å²) in [4.78, 5) is 17.1. The number of methoxy groups -OCH3 is 1. The van der Waals surface area contributed by atoms with Gasteiger partial charge in [-0.15, -0.1) is 11.3 Å². The summed E-state index contributed by atoms with van der Waals surface area (Å²) < 4.78 is 6.84. The van der Waals surface area contributed by atoms with Crippen LogP contribution in [-0.4, -0.2) is 46.8 Å². The number of thiazole rings is 1. The molecule has 0 aromatic carbocycles. The van der Waals surface area contributed by atoms with Gasteiger partial charge >= 0.3 is 0 Å². The van der Waals surface area contributed by atoms with E-state index >= 15 is 0 Å².